The molecule has 1 aliphatic heterocycles. The molecule has 4 rings (SSSR count). The number of allylic oxidation sites excluding steroid dienone is 2. The number of nitrogens with zero attached hydrogens (tertiary/aromatic N) is 2. The highest BCUT2D eigenvalue weighted by molar-refractivity contribution is 5.92. The SMILES string of the molecule is O=C1C=C(N2CCN(c3ccccc3)CC2)CC(c2ccccc2)C1. The molecule has 0 saturated carbocycles. The number of anilines is 1. The van der Waals surface area contributed by atoms with E-state index in [4.69, 9.17) is 0 Å². The Morgan fingerprint density at radius 3 is 2.00 bits per heavy atom. The number of rotatable bonds is 3. The van der Waals surface area contributed by atoms with Crippen molar-refractivity contribution in [3.63, 3.8) is 0 Å². The number of benzene rings is 2. The Labute approximate surface area is 149 Å². The fourth-order valence-electron chi connectivity index (χ4n) is 3.94. The average molecular weight is 332 g/mol. The molecule has 0 amide bonds. The lowest BCUT2D eigenvalue weighted by Gasteiger charge is -2.40. The summed E-state index contributed by atoms with van der Waals surface area (Å²) >= 11 is 0. The van der Waals surface area contributed by atoms with E-state index in [1.165, 1.54) is 16.9 Å². The summed E-state index contributed by atoms with van der Waals surface area (Å²) in [6.45, 7) is 3.97. The standard InChI is InChI=1S/C22H24N2O/c25-22-16-19(18-7-3-1-4-8-18)15-21(17-22)24-13-11-23(12-14-24)20-9-5-2-6-10-20/h1-10,17,19H,11-16H2. The summed E-state index contributed by atoms with van der Waals surface area (Å²) in [7, 11) is 0. The van der Waals surface area contributed by atoms with E-state index in [1.54, 1.807) is 0 Å². The van der Waals surface area contributed by atoms with Crippen LogP contribution in [0.3, 0.4) is 0 Å². The van der Waals surface area contributed by atoms with Crippen molar-refractivity contribution in [1.29, 1.82) is 0 Å². The van der Waals surface area contributed by atoms with Crippen LogP contribution in [0.2, 0.25) is 0 Å². The minimum absolute atomic E-state index is 0.264. The van der Waals surface area contributed by atoms with E-state index in [2.05, 4.69) is 64.4 Å². The maximum Gasteiger partial charge on any atom is 0.158 e. The van der Waals surface area contributed by atoms with Gasteiger partial charge in [-0.15, -0.1) is 0 Å². The third-order valence-electron chi connectivity index (χ3n) is 5.31. The number of carbonyl (C=O) groups excluding carboxylic acids is 1. The number of para-hydroxylation sites is 1. The van der Waals surface area contributed by atoms with E-state index < -0.39 is 0 Å². The summed E-state index contributed by atoms with van der Waals surface area (Å²) in [6.07, 6.45) is 3.50. The normalized spacial score (nSPS) is 21.2. The van der Waals surface area contributed by atoms with Crippen molar-refractivity contribution in [2.24, 2.45) is 0 Å². The molecule has 3 heteroatoms. The van der Waals surface area contributed by atoms with Crippen molar-refractivity contribution in [3.8, 4) is 0 Å². The van der Waals surface area contributed by atoms with Crippen LogP contribution in [-0.2, 0) is 4.79 Å². The van der Waals surface area contributed by atoms with Gasteiger partial charge in [-0.3, -0.25) is 4.79 Å². The monoisotopic (exact) mass is 332 g/mol. The maximum absolute atomic E-state index is 12.3. The molecule has 1 unspecified atom stereocenters. The summed E-state index contributed by atoms with van der Waals surface area (Å²) in [6, 6.07) is 21.0. The number of hydrogen-bond donors (Lipinski definition) is 0. The van der Waals surface area contributed by atoms with E-state index in [0.29, 0.717) is 12.3 Å². The first kappa shape index (κ1) is 15.9. The zero-order chi connectivity index (χ0) is 17.1. The summed E-state index contributed by atoms with van der Waals surface area (Å²) in [5.74, 6) is 0.585. The van der Waals surface area contributed by atoms with Gasteiger partial charge in [0.25, 0.3) is 0 Å². The fraction of sp³-hybridized carbons (Fsp3) is 0.318. The van der Waals surface area contributed by atoms with Gasteiger partial charge in [-0.05, 0) is 30.0 Å². The summed E-state index contributed by atoms with van der Waals surface area (Å²) < 4.78 is 0. The Hall–Kier alpha value is -2.55. The predicted molar refractivity (Wildman–Crippen MR) is 102 cm³/mol. The van der Waals surface area contributed by atoms with Crippen LogP contribution in [0.4, 0.5) is 5.69 Å². The molecule has 1 heterocycles. The molecule has 0 bridgehead atoms. The quantitative estimate of drug-likeness (QED) is 0.853. The van der Waals surface area contributed by atoms with Crippen molar-refractivity contribution in [1.82, 2.24) is 4.90 Å². The minimum Gasteiger partial charge on any atom is -0.371 e. The highest BCUT2D eigenvalue weighted by Gasteiger charge is 2.27. The van der Waals surface area contributed by atoms with Gasteiger partial charge in [0.15, 0.2) is 5.78 Å². The number of carbonyl (C=O) groups is 1. The topological polar surface area (TPSA) is 23.6 Å². The number of piperazine rings is 1. The second-order valence-electron chi connectivity index (χ2n) is 6.93. The first-order valence-electron chi connectivity index (χ1n) is 9.13. The molecule has 2 aromatic carbocycles. The van der Waals surface area contributed by atoms with Gasteiger partial charge in [-0.1, -0.05) is 48.5 Å². The maximum atomic E-state index is 12.3. The predicted octanol–water partition coefficient (Wildman–Crippen LogP) is 3.84. The summed E-state index contributed by atoms with van der Waals surface area (Å²) in [5.41, 5.74) is 3.79. The first-order chi connectivity index (χ1) is 12.3. The smallest absolute Gasteiger partial charge is 0.158 e. The third kappa shape index (κ3) is 3.60. The Morgan fingerprint density at radius 2 is 1.32 bits per heavy atom. The molecule has 1 atom stereocenters. The van der Waals surface area contributed by atoms with Crippen LogP contribution in [0.1, 0.15) is 24.3 Å². The fourth-order valence-corrected chi connectivity index (χ4v) is 3.94. The molecular formula is C22H24N2O. The van der Waals surface area contributed by atoms with E-state index in [-0.39, 0.29) is 5.78 Å². The molecular weight excluding hydrogens is 308 g/mol. The largest absolute Gasteiger partial charge is 0.371 e. The van der Waals surface area contributed by atoms with Gasteiger partial charge >= 0.3 is 0 Å². The van der Waals surface area contributed by atoms with Crippen LogP contribution in [0.15, 0.2) is 72.4 Å². The molecule has 1 aliphatic carbocycles. The van der Waals surface area contributed by atoms with Crippen LogP contribution >= 0.6 is 0 Å². The zero-order valence-electron chi connectivity index (χ0n) is 14.5. The van der Waals surface area contributed by atoms with Crippen molar-refractivity contribution in [3.05, 3.63) is 78.0 Å². The van der Waals surface area contributed by atoms with Crippen LogP contribution in [0.5, 0.6) is 0 Å². The van der Waals surface area contributed by atoms with Gasteiger partial charge in [0, 0.05) is 50.1 Å². The molecule has 1 fully saturated rings. The van der Waals surface area contributed by atoms with Crippen molar-refractivity contribution in [2.45, 2.75) is 18.8 Å². The van der Waals surface area contributed by atoms with Crippen molar-refractivity contribution < 1.29 is 4.79 Å². The van der Waals surface area contributed by atoms with Gasteiger partial charge < -0.3 is 9.80 Å². The van der Waals surface area contributed by atoms with Crippen LogP contribution < -0.4 is 4.90 Å². The van der Waals surface area contributed by atoms with Gasteiger partial charge in [0.05, 0.1) is 0 Å². The van der Waals surface area contributed by atoms with Crippen LogP contribution in [-0.4, -0.2) is 36.9 Å². The Morgan fingerprint density at radius 1 is 0.720 bits per heavy atom. The molecule has 2 aliphatic rings. The van der Waals surface area contributed by atoms with E-state index in [1.807, 2.05) is 12.1 Å². The van der Waals surface area contributed by atoms with Gasteiger partial charge in [0.1, 0.15) is 0 Å². The highest BCUT2D eigenvalue weighted by atomic mass is 16.1. The third-order valence-corrected chi connectivity index (χ3v) is 5.31. The second-order valence-corrected chi connectivity index (χ2v) is 6.93. The molecule has 1 saturated heterocycles. The zero-order valence-corrected chi connectivity index (χ0v) is 14.5. The van der Waals surface area contributed by atoms with E-state index >= 15 is 0 Å². The van der Waals surface area contributed by atoms with Gasteiger partial charge in [0.2, 0.25) is 0 Å². The first-order valence-corrected chi connectivity index (χ1v) is 9.13. The van der Waals surface area contributed by atoms with Gasteiger partial charge in [-0.2, -0.15) is 0 Å². The Balaban J connectivity index is 1.43. The highest BCUT2D eigenvalue weighted by Crippen LogP contribution is 2.33. The molecule has 25 heavy (non-hydrogen) atoms. The molecule has 128 valence electrons. The molecule has 0 N–H and O–H groups in total. The molecule has 2 aromatic rings. The lowest BCUT2D eigenvalue weighted by Crippen LogP contribution is -2.46. The van der Waals surface area contributed by atoms with Crippen LogP contribution in [0, 0.1) is 0 Å². The van der Waals surface area contributed by atoms with E-state index in [9.17, 15) is 4.79 Å². The average Bonchev–Trinajstić information content (AvgIpc) is 2.69. The molecule has 0 aromatic heterocycles. The summed E-state index contributed by atoms with van der Waals surface area (Å²) in [5, 5.41) is 0. The lowest BCUT2D eigenvalue weighted by molar-refractivity contribution is -0.115. The van der Waals surface area contributed by atoms with Crippen molar-refractivity contribution in [2.75, 3.05) is 31.1 Å². The van der Waals surface area contributed by atoms with Crippen molar-refractivity contribution >= 4 is 11.5 Å². The minimum atomic E-state index is 0.264. The lowest BCUT2D eigenvalue weighted by atomic mass is 9.85. The number of ketones is 1. The molecule has 0 spiro atoms. The Bertz CT molecular complexity index is 746. The molecule has 0 radical (unpaired) electrons. The molecule has 3 nitrogen and oxygen atoms in total. The summed E-state index contributed by atoms with van der Waals surface area (Å²) in [4.78, 5) is 17.1. The Kier molecular flexibility index (Phi) is 4.55. The number of hydrogen-bond acceptors (Lipinski definition) is 3. The van der Waals surface area contributed by atoms with E-state index in [0.717, 1.165) is 32.6 Å². The van der Waals surface area contributed by atoms with Crippen LogP contribution in [0.25, 0.3) is 0 Å². The second kappa shape index (κ2) is 7.14. The van der Waals surface area contributed by atoms with Gasteiger partial charge in [-0.25, -0.2) is 0 Å².